The Bertz CT molecular complexity index is 1020. The van der Waals surface area contributed by atoms with Crippen molar-refractivity contribution in [2.75, 3.05) is 25.0 Å². The van der Waals surface area contributed by atoms with Gasteiger partial charge in [0.25, 0.3) is 5.91 Å². The van der Waals surface area contributed by atoms with Gasteiger partial charge in [-0.3, -0.25) is 4.79 Å². The van der Waals surface area contributed by atoms with Gasteiger partial charge in [0.2, 0.25) is 0 Å². The van der Waals surface area contributed by atoms with Crippen molar-refractivity contribution in [2.24, 2.45) is 0 Å². The van der Waals surface area contributed by atoms with Crippen LogP contribution in [0.15, 0.2) is 54.6 Å². The zero-order valence-electron chi connectivity index (χ0n) is 16.1. The number of hydrogen-bond acceptors (Lipinski definition) is 3. The van der Waals surface area contributed by atoms with Crippen molar-refractivity contribution >= 4 is 11.6 Å². The van der Waals surface area contributed by atoms with Crippen molar-refractivity contribution in [1.29, 1.82) is 0 Å². The first-order chi connectivity index (χ1) is 13.7. The molecule has 1 aliphatic heterocycles. The van der Waals surface area contributed by atoms with Crippen LogP contribution in [0.5, 0.6) is 0 Å². The summed E-state index contributed by atoms with van der Waals surface area (Å²) in [6.45, 7) is 2.16. The maximum Gasteiger partial charge on any atom is 0.275 e. The molecule has 0 atom stereocenters. The minimum Gasteiger partial charge on any atom is -0.373 e. The fourth-order valence-electron chi connectivity index (χ4n) is 4.41. The van der Waals surface area contributed by atoms with Gasteiger partial charge in [-0.05, 0) is 43.0 Å². The molecule has 142 valence electrons. The van der Waals surface area contributed by atoms with E-state index in [2.05, 4.69) is 42.3 Å². The van der Waals surface area contributed by atoms with Gasteiger partial charge in [0.05, 0.1) is 5.69 Å². The number of para-hydroxylation sites is 2. The number of likely N-dealkylation sites (N-methyl/N-ethyl adjacent to an activating group) is 1. The Morgan fingerprint density at radius 2 is 1.75 bits per heavy atom. The summed E-state index contributed by atoms with van der Waals surface area (Å²) in [5.74, 6) is 0.0536. The molecule has 0 radical (unpaired) electrons. The zero-order chi connectivity index (χ0) is 19.1. The lowest BCUT2D eigenvalue weighted by molar-refractivity contribution is 0.0744. The van der Waals surface area contributed by atoms with E-state index in [0.29, 0.717) is 18.8 Å². The summed E-state index contributed by atoms with van der Waals surface area (Å²) >= 11 is 0. The van der Waals surface area contributed by atoms with Crippen LogP contribution in [-0.4, -0.2) is 40.7 Å². The molecule has 1 aromatic heterocycles. The molecule has 2 aliphatic rings. The molecule has 0 fully saturated rings. The van der Waals surface area contributed by atoms with E-state index < -0.39 is 0 Å². The minimum atomic E-state index is 0.0536. The number of fused-ring (bicyclic) bond motifs is 2. The highest BCUT2D eigenvalue weighted by Crippen LogP contribution is 2.30. The van der Waals surface area contributed by atoms with Crippen molar-refractivity contribution in [3.8, 4) is 5.69 Å². The molecule has 28 heavy (non-hydrogen) atoms. The summed E-state index contributed by atoms with van der Waals surface area (Å²) in [6, 6.07) is 18.5. The second-order valence-corrected chi connectivity index (χ2v) is 7.65. The standard InChI is InChI=1S/C23H24N4O/c1-25-14-15-26(16-17-8-5-6-12-20(17)25)23(28)22-19-11-7-13-21(19)27(24-22)18-9-3-2-4-10-18/h2-6,8-10,12H,7,11,13-16H2,1H3. The van der Waals surface area contributed by atoms with E-state index in [9.17, 15) is 4.79 Å². The number of carbonyl (C=O) groups is 1. The highest BCUT2D eigenvalue weighted by molar-refractivity contribution is 5.94. The lowest BCUT2D eigenvalue weighted by Gasteiger charge is -2.20. The molecule has 0 saturated heterocycles. The van der Waals surface area contributed by atoms with Gasteiger partial charge in [0.15, 0.2) is 5.69 Å². The van der Waals surface area contributed by atoms with Crippen molar-refractivity contribution in [3.05, 3.63) is 77.1 Å². The number of amides is 1. The Hall–Kier alpha value is -3.08. The minimum absolute atomic E-state index is 0.0536. The number of benzene rings is 2. The van der Waals surface area contributed by atoms with E-state index in [4.69, 9.17) is 5.10 Å². The highest BCUT2D eigenvalue weighted by Gasteiger charge is 2.30. The molecule has 1 amide bonds. The van der Waals surface area contributed by atoms with Gasteiger partial charge < -0.3 is 9.80 Å². The molecule has 3 aromatic rings. The van der Waals surface area contributed by atoms with Gasteiger partial charge in [0.1, 0.15) is 0 Å². The SMILES string of the molecule is CN1CCN(C(=O)c2nn(-c3ccccc3)c3c2CCC3)Cc2ccccc21. The fraction of sp³-hybridized carbons (Fsp3) is 0.304. The van der Waals surface area contributed by atoms with Gasteiger partial charge in [0, 0.05) is 43.6 Å². The Labute approximate surface area is 165 Å². The van der Waals surface area contributed by atoms with Crippen LogP contribution in [0.1, 0.15) is 33.7 Å². The van der Waals surface area contributed by atoms with E-state index in [1.54, 1.807) is 0 Å². The van der Waals surface area contributed by atoms with Gasteiger partial charge in [-0.15, -0.1) is 0 Å². The predicted octanol–water partition coefficient (Wildman–Crippen LogP) is 3.45. The Balaban J connectivity index is 1.51. The van der Waals surface area contributed by atoms with Crippen LogP contribution in [-0.2, 0) is 19.4 Å². The summed E-state index contributed by atoms with van der Waals surface area (Å²) in [4.78, 5) is 17.7. The molecule has 0 spiro atoms. The molecule has 5 nitrogen and oxygen atoms in total. The Morgan fingerprint density at radius 3 is 2.61 bits per heavy atom. The summed E-state index contributed by atoms with van der Waals surface area (Å²) in [7, 11) is 2.09. The molecule has 5 rings (SSSR count). The first kappa shape index (κ1) is 17.0. The van der Waals surface area contributed by atoms with Crippen LogP contribution in [0, 0.1) is 0 Å². The van der Waals surface area contributed by atoms with E-state index in [-0.39, 0.29) is 5.91 Å². The van der Waals surface area contributed by atoms with Crippen molar-refractivity contribution < 1.29 is 4.79 Å². The molecular weight excluding hydrogens is 348 g/mol. The van der Waals surface area contributed by atoms with Crippen LogP contribution >= 0.6 is 0 Å². The third-order valence-electron chi connectivity index (χ3n) is 5.89. The molecule has 1 aliphatic carbocycles. The third-order valence-corrected chi connectivity index (χ3v) is 5.89. The number of rotatable bonds is 2. The maximum absolute atomic E-state index is 13.5. The van der Waals surface area contributed by atoms with Crippen LogP contribution < -0.4 is 4.90 Å². The van der Waals surface area contributed by atoms with Crippen molar-refractivity contribution in [2.45, 2.75) is 25.8 Å². The van der Waals surface area contributed by atoms with Crippen LogP contribution in [0.2, 0.25) is 0 Å². The molecule has 0 unspecified atom stereocenters. The molecule has 0 saturated carbocycles. The lowest BCUT2D eigenvalue weighted by atomic mass is 10.1. The molecule has 5 heteroatoms. The number of aromatic nitrogens is 2. The largest absolute Gasteiger partial charge is 0.373 e. The quantitative estimate of drug-likeness (QED) is 0.692. The number of anilines is 1. The normalized spacial score (nSPS) is 15.9. The van der Waals surface area contributed by atoms with Crippen molar-refractivity contribution in [1.82, 2.24) is 14.7 Å². The second-order valence-electron chi connectivity index (χ2n) is 7.65. The molecule has 0 bridgehead atoms. The van der Waals surface area contributed by atoms with Crippen LogP contribution in [0.4, 0.5) is 5.69 Å². The molecule has 2 aromatic carbocycles. The molecular formula is C23H24N4O. The molecule has 2 heterocycles. The lowest BCUT2D eigenvalue weighted by Crippen LogP contribution is -2.35. The summed E-state index contributed by atoms with van der Waals surface area (Å²) in [5, 5.41) is 4.79. The predicted molar refractivity (Wildman–Crippen MR) is 110 cm³/mol. The first-order valence-electron chi connectivity index (χ1n) is 9.97. The summed E-state index contributed by atoms with van der Waals surface area (Å²) in [6.07, 6.45) is 3.01. The monoisotopic (exact) mass is 372 g/mol. The number of carbonyl (C=O) groups excluding carboxylic acids is 1. The summed E-state index contributed by atoms with van der Waals surface area (Å²) in [5.41, 5.74) is 6.40. The maximum atomic E-state index is 13.5. The second kappa shape index (κ2) is 6.82. The summed E-state index contributed by atoms with van der Waals surface area (Å²) < 4.78 is 1.98. The van der Waals surface area contributed by atoms with E-state index >= 15 is 0 Å². The average molecular weight is 372 g/mol. The highest BCUT2D eigenvalue weighted by atomic mass is 16.2. The van der Waals surface area contributed by atoms with Crippen molar-refractivity contribution in [3.63, 3.8) is 0 Å². The van der Waals surface area contributed by atoms with E-state index in [0.717, 1.165) is 37.1 Å². The van der Waals surface area contributed by atoms with Gasteiger partial charge in [-0.25, -0.2) is 4.68 Å². The third kappa shape index (κ3) is 2.78. The number of nitrogens with zero attached hydrogens (tertiary/aromatic N) is 4. The van der Waals surface area contributed by atoms with Crippen LogP contribution in [0.25, 0.3) is 5.69 Å². The van der Waals surface area contributed by atoms with Gasteiger partial charge >= 0.3 is 0 Å². The van der Waals surface area contributed by atoms with Gasteiger partial charge in [-0.1, -0.05) is 36.4 Å². The zero-order valence-corrected chi connectivity index (χ0v) is 16.1. The van der Waals surface area contributed by atoms with E-state index in [1.165, 1.54) is 16.9 Å². The topological polar surface area (TPSA) is 41.4 Å². The Morgan fingerprint density at radius 1 is 0.964 bits per heavy atom. The average Bonchev–Trinajstić information content (AvgIpc) is 3.29. The molecule has 0 N–H and O–H groups in total. The Kier molecular flexibility index (Phi) is 4.15. The van der Waals surface area contributed by atoms with Gasteiger partial charge in [-0.2, -0.15) is 5.10 Å². The number of hydrogen-bond donors (Lipinski definition) is 0. The van der Waals surface area contributed by atoms with Crippen LogP contribution in [0.3, 0.4) is 0 Å². The fourth-order valence-corrected chi connectivity index (χ4v) is 4.41. The first-order valence-corrected chi connectivity index (χ1v) is 9.97. The van der Waals surface area contributed by atoms with E-state index in [1.807, 2.05) is 33.8 Å². The smallest absolute Gasteiger partial charge is 0.275 e.